The molecule has 0 aromatic heterocycles. The molecule has 0 saturated heterocycles. The molecule has 17 nitrogen and oxygen atoms in total. The number of carbonyl (C=O) groups excluding carboxylic acids is 4. The molecule has 0 aromatic rings. The Morgan fingerprint density at radius 3 is 0.721 bits per heavy atom. The van der Waals surface area contributed by atoms with Gasteiger partial charge in [0.25, 0.3) is 0 Å². The van der Waals surface area contributed by atoms with Crippen molar-refractivity contribution in [3.63, 3.8) is 0 Å². The minimum atomic E-state index is -4.95. The zero-order valence-corrected chi connectivity index (χ0v) is 57.7. The lowest BCUT2D eigenvalue weighted by molar-refractivity contribution is -0.161. The lowest BCUT2D eigenvalue weighted by Gasteiger charge is -2.21. The highest BCUT2D eigenvalue weighted by Crippen LogP contribution is 2.45. The lowest BCUT2D eigenvalue weighted by Crippen LogP contribution is -2.30. The average molecular weight is 1270 g/mol. The highest BCUT2D eigenvalue weighted by atomic mass is 31.2. The second-order valence-corrected chi connectivity index (χ2v) is 29.0. The Balaban J connectivity index is 5.23. The molecule has 0 bridgehead atoms. The third-order valence-corrected chi connectivity index (χ3v) is 17.2. The molecule has 3 N–H and O–H groups in total. The van der Waals surface area contributed by atoms with Crippen LogP contribution in [0.4, 0.5) is 0 Å². The predicted octanol–water partition coefficient (Wildman–Crippen LogP) is 18.5. The fraction of sp³-hybridized carbons (Fsp3) is 0.940. The van der Waals surface area contributed by atoms with Crippen molar-refractivity contribution in [2.45, 2.75) is 343 Å². The van der Waals surface area contributed by atoms with Gasteiger partial charge in [0.1, 0.15) is 19.3 Å². The molecule has 0 amide bonds. The summed E-state index contributed by atoms with van der Waals surface area (Å²) in [6.45, 7) is 14.0. The van der Waals surface area contributed by atoms with Crippen molar-refractivity contribution in [2.24, 2.45) is 23.7 Å². The number of aliphatic hydroxyl groups is 1. The summed E-state index contributed by atoms with van der Waals surface area (Å²) < 4.78 is 68.1. The van der Waals surface area contributed by atoms with Crippen LogP contribution < -0.4 is 0 Å². The van der Waals surface area contributed by atoms with Crippen LogP contribution >= 0.6 is 15.6 Å². The molecule has 0 aromatic carbocycles. The summed E-state index contributed by atoms with van der Waals surface area (Å²) >= 11 is 0. The minimum Gasteiger partial charge on any atom is -0.462 e. The van der Waals surface area contributed by atoms with Crippen LogP contribution in [0.1, 0.15) is 325 Å². The molecule has 0 fully saturated rings. The average Bonchev–Trinajstić information content (AvgIpc) is 3.65. The molecule has 0 aliphatic heterocycles. The predicted molar refractivity (Wildman–Crippen MR) is 344 cm³/mol. The first kappa shape index (κ1) is 84.1. The Hall–Kier alpha value is -1.94. The molecule has 2 unspecified atom stereocenters. The minimum absolute atomic E-state index is 0.105. The monoisotopic (exact) mass is 1270 g/mol. The van der Waals surface area contributed by atoms with Crippen LogP contribution in [0.15, 0.2) is 0 Å². The summed E-state index contributed by atoms with van der Waals surface area (Å²) in [5, 5.41) is 10.6. The standard InChI is InChI=1S/C67H130O17P2/c1-57(2)43-35-27-19-15-11-9-13-17-21-33-41-49-66(71)83-62(53-77-64(69)47-39-31-25-23-29-37-45-59(5)6)55-81-85(73,74)79-51-61(68)52-80-86(75,76)82-56-63(54-78-65(70)48-40-32-26-24-30-38-46-60(7)8)84-67(72)50-42-34-22-18-14-10-12-16-20-28-36-44-58(3)4/h57-63,68H,9-56H2,1-8H3,(H,73,74)(H,75,76)/t62-,63-/m1/s1. The fourth-order valence-corrected chi connectivity index (χ4v) is 11.5. The number of hydrogen-bond donors (Lipinski definition) is 3. The van der Waals surface area contributed by atoms with E-state index in [9.17, 15) is 43.2 Å². The number of esters is 4. The van der Waals surface area contributed by atoms with E-state index >= 15 is 0 Å². The van der Waals surface area contributed by atoms with E-state index in [1.807, 2.05) is 0 Å². The maximum atomic E-state index is 13.0. The van der Waals surface area contributed by atoms with Crippen LogP contribution in [0.25, 0.3) is 0 Å². The molecule has 0 saturated carbocycles. The topological polar surface area (TPSA) is 237 Å². The van der Waals surface area contributed by atoms with Gasteiger partial charge in [-0.3, -0.25) is 37.3 Å². The first-order valence-corrected chi connectivity index (χ1v) is 37.7. The van der Waals surface area contributed by atoms with Crippen LogP contribution in [-0.4, -0.2) is 96.7 Å². The molecule has 0 aliphatic carbocycles. The number of unbranched alkanes of at least 4 members (excludes halogenated alkanes) is 30. The van der Waals surface area contributed by atoms with Crippen LogP contribution in [0.3, 0.4) is 0 Å². The molecule has 0 rings (SSSR count). The molecular formula is C67H130O17P2. The van der Waals surface area contributed by atoms with Gasteiger partial charge in [0.15, 0.2) is 12.2 Å². The van der Waals surface area contributed by atoms with Crippen LogP contribution in [0, 0.1) is 23.7 Å². The second-order valence-electron chi connectivity index (χ2n) is 26.1. The molecule has 0 radical (unpaired) electrons. The third kappa shape index (κ3) is 60.9. The largest absolute Gasteiger partial charge is 0.472 e. The van der Waals surface area contributed by atoms with E-state index in [1.54, 1.807) is 0 Å². The van der Waals surface area contributed by atoms with Gasteiger partial charge in [-0.25, -0.2) is 9.13 Å². The highest BCUT2D eigenvalue weighted by molar-refractivity contribution is 7.47. The zero-order valence-electron chi connectivity index (χ0n) is 55.9. The van der Waals surface area contributed by atoms with E-state index in [1.165, 1.54) is 116 Å². The SMILES string of the molecule is CC(C)CCCCCCCCCCCCCC(=O)O[C@H](COC(=O)CCCCCCCCC(C)C)COP(=O)(O)OCC(O)COP(=O)(O)OC[C@@H](COC(=O)CCCCCCCCC(C)C)OC(=O)CCCCCCCCCCCCCC(C)C. The lowest BCUT2D eigenvalue weighted by atomic mass is 10.0. The van der Waals surface area contributed by atoms with Gasteiger partial charge in [-0.2, -0.15) is 0 Å². The Morgan fingerprint density at radius 2 is 0.488 bits per heavy atom. The zero-order chi connectivity index (χ0) is 63.9. The highest BCUT2D eigenvalue weighted by Gasteiger charge is 2.30. The van der Waals surface area contributed by atoms with Crippen molar-refractivity contribution >= 4 is 39.5 Å². The molecule has 0 spiro atoms. The summed E-state index contributed by atoms with van der Waals surface area (Å²) in [4.78, 5) is 72.3. The molecule has 0 heterocycles. The quantitative estimate of drug-likeness (QED) is 0.0222. The van der Waals surface area contributed by atoms with Gasteiger partial charge >= 0.3 is 39.5 Å². The van der Waals surface area contributed by atoms with Gasteiger partial charge in [0, 0.05) is 25.7 Å². The Bertz CT molecular complexity index is 1590. The summed E-state index contributed by atoms with van der Waals surface area (Å²) in [5.41, 5.74) is 0. The number of aliphatic hydroxyl groups excluding tert-OH is 1. The molecule has 4 atom stereocenters. The Morgan fingerprint density at radius 1 is 0.291 bits per heavy atom. The molecule has 510 valence electrons. The van der Waals surface area contributed by atoms with Gasteiger partial charge in [0.2, 0.25) is 0 Å². The first-order valence-electron chi connectivity index (χ1n) is 34.7. The van der Waals surface area contributed by atoms with Gasteiger partial charge < -0.3 is 33.8 Å². The van der Waals surface area contributed by atoms with Gasteiger partial charge in [-0.1, -0.05) is 274 Å². The van der Waals surface area contributed by atoms with Crippen molar-refractivity contribution in [2.75, 3.05) is 39.6 Å². The molecule has 86 heavy (non-hydrogen) atoms. The molecular weight excluding hydrogens is 1140 g/mol. The fourth-order valence-electron chi connectivity index (χ4n) is 9.96. The number of rotatable bonds is 64. The van der Waals surface area contributed by atoms with Crippen LogP contribution in [0.5, 0.6) is 0 Å². The van der Waals surface area contributed by atoms with E-state index in [0.717, 1.165) is 115 Å². The first-order chi connectivity index (χ1) is 41.1. The van der Waals surface area contributed by atoms with Crippen molar-refractivity contribution < 1.29 is 80.2 Å². The Labute approximate surface area is 524 Å². The van der Waals surface area contributed by atoms with E-state index in [0.29, 0.717) is 37.5 Å². The van der Waals surface area contributed by atoms with E-state index < -0.39 is 97.5 Å². The number of ether oxygens (including phenoxy) is 4. The van der Waals surface area contributed by atoms with Gasteiger partial charge in [-0.05, 0) is 49.4 Å². The maximum Gasteiger partial charge on any atom is 0.472 e. The summed E-state index contributed by atoms with van der Waals surface area (Å²) in [7, 11) is -9.89. The molecule has 19 heteroatoms. The summed E-state index contributed by atoms with van der Waals surface area (Å²) in [5.74, 6) is 0.753. The van der Waals surface area contributed by atoms with Gasteiger partial charge in [0.05, 0.1) is 26.4 Å². The summed E-state index contributed by atoms with van der Waals surface area (Å²) in [6.07, 6.45) is 37.8. The summed E-state index contributed by atoms with van der Waals surface area (Å²) in [6, 6.07) is 0. The number of hydrogen-bond acceptors (Lipinski definition) is 15. The van der Waals surface area contributed by atoms with Crippen LogP contribution in [0.2, 0.25) is 0 Å². The second kappa shape index (κ2) is 57.0. The Kier molecular flexibility index (Phi) is 55.7. The normalized spacial score (nSPS) is 14.4. The number of carbonyl (C=O) groups is 4. The van der Waals surface area contributed by atoms with Crippen LogP contribution in [-0.2, 0) is 65.4 Å². The molecule has 0 aliphatic rings. The number of phosphoric acid groups is 2. The van der Waals surface area contributed by atoms with Crippen molar-refractivity contribution in [3.05, 3.63) is 0 Å². The smallest absolute Gasteiger partial charge is 0.462 e. The maximum absolute atomic E-state index is 13.0. The number of phosphoric ester groups is 2. The van der Waals surface area contributed by atoms with Crippen molar-refractivity contribution in [1.82, 2.24) is 0 Å². The van der Waals surface area contributed by atoms with Gasteiger partial charge in [-0.15, -0.1) is 0 Å². The van der Waals surface area contributed by atoms with E-state index in [2.05, 4.69) is 55.4 Å². The van der Waals surface area contributed by atoms with E-state index in [-0.39, 0.29) is 25.7 Å². The van der Waals surface area contributed by atoms with Crippen molar-refractivity contribution in [3.8, 4) is 0 Å². The third-order valence-electron chi connectivity index (χ3n) is 15.3. The van der Waals surface area contributed by atoms with Crippen molar-refractivity contribution in [1.29, 1.82) is 0 Å². The van der Waals surface area contributed by atoms with E-state index in [4.69, 9.17) is 37.0 Å².